The zero-order chi connectivity index (χ0) is 26.4. The van der Waals surface area contributed by atoms with Crippen LogP contribution in [0.4, 0.5) is 0 Å². The number of carboxylic acids is 1. The van der Waals surface area contributed by atoms with Crippen molar-refractivity contribution in [2.45, 2.75) is 86.1 Å². The number of carboxylic acid groups (broad SMARTS) is 1. The van der Waals surface area contributed by atoms with Crippen LogP contribution in [0.3, 0.4) is 0 Å². The highest BCUT2D eigenvalue weighted by Gasteiger charge is 2.31. The van der Waals surface area contributed by atoms with E-state index < -0.39 is 12.0 Å². The number of carbonyl (C=O) groups is 2. The molecule has 0 saturated carbocycles. The predicted octanol–water partition coefficient (Wildman–Crippen LogP) is 4.77. The molecule has 0 aromatic heterocycles. The third kappa shape index (κ3) is 17.1. The first-order chi connectivity index (χ1) is 16.3. The van der Waals surface area contributed by atoms with Crippen molar-refractivity contribution in [3.63, 3.8) is 0 Å². The van der Waals surface area contributed by atoms with Gasteiger partial charge in [0.15, 0.2) is 0 Å². The zero-order valence-electron chi connectivity index (χ0n) is 22.0. The monoisotopic (exact) mass is 484 g/mol. The molecule has 1 unspecified atom stereocenters. The Bertz CT molecular complexity index is 626. The van der Waals surface area contributed by atoms with Crippen LogP contribution in [-0.2, 0) is 14.3 Å². The van der Waals surface area contributed by atoms with Crippen molar-refractivity contribution in [3.05, 3.63) is 35.9 Å². The lowest BCUT2D eigenvalue weighted by Crippen LogP contribution is -2.39. The Morgan fingerprint density at radius 3 is 2.41 bits per heavy atom. The molecule has 1 heterocycles. The molecule has 1 aliphatic rings. The molecule has 8 heteroatoms. The van der Waals surface area contributed by atoms with Gasteiger partial charge in [-0.1, -0.05) is 53.7 Å². The molecule has 198 valence electrons. The molecular formula is C26H48N2O6. The van der Waals surface area contributed by atoms with Crippen LogP contribution in [0.25, 0.3) is 0 Å². The van der Waals surface area contributed by atoms with Crippen molar-refractivity contribution in [1.82, 2.24) is 10.2 Å². The predicted molar refractivity (Wildman–Crippen MR) is 137 cm³/mol. The van der Waals surface area contributed by atoms with Crippen LogP contribution in [0, 0.1) is 5.92 Å². The molecule has 1 saturated heterocycles. The Morgan fingerprint density at radius 1 is 1.24 bits per heavy atom. The van der Waals surface area contributed by atoms with E-state index in [0.717, 1.165) is 30.8 Å². The summed E-state index contributed by atoms with van der Waals surface area (Å²) in [6.07, 6.45) is 9.88. The maximum absolute atomic E-state index is 12.0. The summed E-state index contributed by atoms with van der Waals surface area (Å²) in [4.78, 5) is 24.8. The van der Waals surface area contributed by atoms with Gasteiger partial charge in [-0.2, -0.15) is 0 Å². The van der Waals surface area contributed by atoms with E-state index in [1.165, 1.54) is 0 Å². The van der Waals surface area contributed by atoms with Crippen LogP contribution >= 0.6 is 0 Å². The van der Waals surface area contributed by atoms with Gasteiger partial charge < -0.3 is 30.3 Å². The van der Waals surface area contributed by atoms with Gasteiger partial charge in [-0.05, 0) is 31.3 Å². The lowest BCUT2D eigenvalue weighted by molar-refractivity contribution is -0.141. The fourth-order valence-corrected chi connectivity index (χ4v) is 2.89. The van der Waals surface area contributed by atoms with E-state index >= 15 is 0 Å². The van der Waals surface area contributed by atoms with Gasteiger partial charge in [-0.15, -0.1) is 0 Å². The van der Waals surface area contributed by atoms with Crippen LogP contribution in [0.2, 0.25) is 0 Å². The number of allylic oxidation sites excluding steroid dienone is 4. The lowest BCUT2D eigenvalue weighted by atomic mass is 10.2. The molecule has 1 aliphatic heterocycles. The third-order valence-electron chi connectivity index (χ3n) is 4.42. The van der Waals surface area contributed by atoms with Crippen molar-refractivity contribution in [3.8, 4) is 0 Å². The minimum Gasteiger partial charge on any atom is -0.514 e. The molecular weight excluding hydrogens is 436 g/mol. The van der Waals surface area contributed by atoms with Crippen molar-refractivity contribution in [1.29, 1.82) is 0 Å². The number of hydrogen-bond donors (Lipinski definition) is 4. The molecule has 1 rings (SSSR count). The Kier molecular flexibility index (Phi) is 22.1. The molecule has 1 amide bonds. The van der Waals surface area contributed by atoms with E-state index in [0.29, 0.717) is 38.1 Å². The Balaban J connectivity index is 0. The summed E-state index contributed by atoms with van der Waals surface area (Å²) >= 11 is 0. The molecule has 0 spiro atoms. The van der Waals surface area contributed by atoms with Gasteiger partial charge in [0.25, 0.3) is 0 Å². The standard InChI is InChI=1S/C20H32N2O6.C4H10.C2H6/c1-2-17(28-13-7-12-23)8-4-3-5-10-19(25)21-14-16(15-24)22-11-6-9-18(22)20(26)27;1-4(2)3;1-2/h3-4,8,15,18,23-24H,2,5-7,9-14H2,1H3,(H,21,25)(H,26,27);4H,1-3H3;1-2H3/b4-3-,16-15?,17-8+;;. The zero-order valence-corrected chi connectivity index (χ0v) is 22.0. The summed E-state index contributed by atoms with van der Waals surface area (Å²) in [6, 6.07) is -0.655. The number of likely N-dealkylation sites (tertiary alicyclic amines) is 1. The van der Waals surface area contributed by atoms with E-state index in [1.54, 1.807) is 4.90 Å². The van der Waals surface area contributed by atoms with Crippen molar-refractivity contribution < 1.29 is 29.6 Å². The molecule has 0 aromatic rings. The quantitative estimate of drug-likeness (QED) is 0.169. The van der Waals surface area contributed by atoms with Gasteiger partial charge in [-0.25, -0.2) is 4.79 Å². The molecule has 34 heavy (non-hydrogen) atoms. The number of aliphatic hydroxyl groups is 2. The highest BCUT2D eigenvalue weighted by Crippen LogP contribution is 2.21. The molecule has 8 nitrogen and oxygen atoms in total. The smallest absolute Gasteiger partial charge is 0.326 e. The second-order valence-corrected chi connectivity index (χ2v) is 8.20. The van der Waals surface area contributed by atoms with E-state index in [9.17, 15) is 19.8 Å². The Labute approximate surface area is 206 Å². The number of ether oxygens (including phenoxy) is 1. The summed E-state index contributed by atoms with van der Waals surface area (Å²) in [5.41, 5.74) is 0.407. The van der Waals surface area contributed by atoms with E-state index in [-0.39, 0.29) is 25.5 Å². The SMILES string of the molecule is CC.CC(C)C.CC/C(=C\C=C/CCC(=O)NCC(=CO)N1CCCC1C(=O)O)OCCCO. The topological polar surface area (TPSA) is 119 Å². The summed E-state index contributed by atoms with van der Waals surface area (Å²) in [6.45, 7) is 13.7. The van der Waals surface area contributed by atoms with E-state index in [1.807, 2.05) is 39.0 Å². The molecule has 0 aromatic carbocycles. The fraction of sp³-hybridized carbons (Fsp3) is 0.692. The number of nitrogens with one attached hydrogen (secondary N) is 1. The van der Waals surface area contributed by atoms with Gasteiger partial charge in [0.05, 0.1) is 24.6 Å². The van der Waals surface area contributed by atoms with Crippen LogP contribution in [0.5, 0.6) is 0 Å². The van der Waals surface area contributed by atoms with Crippen molar-refractivity contribution >= 4 is 11.9 Å². The minimum absolute atomic E-state index is 0.0986. The Morgan fingerprint density at radius 2 is 1.88 bits per heavy atom. The van der Waals surface area contributed by atoms with Gasteiger partial charge in [0.2, 0.25) is 5.91 Å². The van der Waals surface area contributed by atoms with Crippen LogP contribution in [-0.4, -0.2) is 64.4 Å². The molecule has 0 aliphatic carbocycles. The first kappa shape index (κ1) is 33.7. The third-order valence-corrected chi connectivity index (χ3v) is 4.42. The van der Waals surface area contributed by atoms with Crippen LogP contribution in [0.1, 0.15) is 80.1 Å². The molecule has 0 bridgehead atoms. The van der Waals surface area contributed by atoms with Gasteiger partial charge >= 0.3 is 5.97 Å². The number of aliphatic hydroxyl groups excluding tert-OH is 2. The van der Waals surface area contributed by atoms with E-state index in [2.05, 4.69) is 26.1 Å². The minimum atomic E-state index is -0.923. The average Bonchev–Trinajstić information content (AvgIpc) is 3.29. The summed E-state index contributed by atoms with van der Waals surface area (Å²) < 4.78 is 5.51. The Hall–Kier alpha value is -2.48. The van der Waals surface area contributed by atoms with Gasteiger partial charge in [0, 0.05) is 32.4 Å². The largest absolute Gasteiger partial charge is 0.514 e. The van der Waals surface area contributed by atoms with Crippen LogP contribution in [0.15, 0.2) is 35.9 Å². The number of rotatable bonds is 13. The second-order valence-electron chi connectivity index (χ2n) is 8.20. The van der Waals surface area contributed by atoms with Gasteiger partial charge in [-0.3, -0.25) is 4.79 Å². The van der Waals surface area contributed by atoms with Crippen molar-refractivity contribution in [2.24, 2.45) is 5.92 Å². The fourth-order valence-electron chi connectivity index (χ4n) is 2.89. The number of nitrogens with zero attached hydrogens (tertiary/aromatic N) is 1. The first-order valence-corrected chi connectivity index (χ1v) is 12.4. The number of aliphatic carboxylic acids is 1. The van der Waals surface area contributed by atoms with Crippen molar-refractivity contribution in [2.75, 3.05) is 26.3 Å². The molecule has 4 N–H and O–H groups in total. The number of amides is 1. The number of hydrogen-bond acceptors (Lipinski definition) is 6. The van der Waals surface area contributed by atoms with Gasteiger partial charge in [0.1, 0.15) is 12.3 Å². The lowest BCUT2D eigenvalue weighted by Gasteiger charge is -2.25. The number of carbonyl (C=O) groups excluding carboxylic acids is 1. The molecule has 1 fully saturated rings. The molecule has 0 radical (unpaired) electrons. The molecule has 1 atom stereocenters. The second kappa shape index (κ2) is 22.3. The highest BCUT2D eigenvalue weighted by atomic mass is 16.5. The normalized spacial score (nSPS) is 16.0. The van der Waals surface area contributed by atoms with E-state index in [4.69, 9.17) is 9.84 Å². The summed E-state index contributed by atoms with van der Waals surface area (Å²) in [7, 11) is 0. The maximum Gasteiger partial charge on any atom is 0.326 e. The maximum atomic E-state index is 12.0. The summed E-state index contributed by atoms with van der Waals surface area (Å²) in [5.74, 6) is 0.563. The summed E-state index contributed by atoms with van der Waals surface area (Å²) in [5, 5.41) is 30.1. The highest BCUT2D eigenvalue weighted by molar-refractivity contribution is 5.76. The van der Waals surface area contributed by atoms with Crippen LogP contribution < -0.4 is 5.32 Å². The first-order valence-electron chi connectivity index (χ1n) is 12.4. The average molecular weight is 485 g/mol.